The van der Waals surface area contributed by atoms with Crippen LogP contribution in [0.15, 0.2) is 116 Å². The molecular formula is C40H26Cl4N8O4. The van der Waals surface area contributed by atoms with Gasteiger partial charge < -0.3 is 15.2 Å². The molecule has 56 heavy (non-hydrogen) atoms. The lowest BCUT2D eigenvalue weighted by Crippen LogP contribution is -2.13. The van der Waals surface area contributed by atoms with Crippen molar-refractivity contribution in [1.82, 2.24) is 39.5 Å². The standard InChI is InChI=1S/C40H26Cl4N8O4/c41-28-17-29(37(55)26-13-11-24(15-32(26)53)30-18-45-48-50(30)20-22-7-3-1-4-8-22)52(40(28)44)36-34(42)39(43)47-35(36)38(56)27-14-12-25(16-33(27)54)31-19-46-49-51(31)21-23-9-5-2-6-10-23/h1-19,47,53-54H,20-21H2. The summed E-state index contributed by atoms with van der Waals surface area (Å²) in [5.74, 6) is -2.12. The molecule has 3 N–H and O–H groups in total. The van der Waals surface area contributed by atoms with Crippen LogP contribution in [0, 0.1) is 0 Å². The number of phenolic OH excluding ortho intramolecular Hbond substituents is 2. The molecule has 16 heteroatoms. The highest BCUT2D eigenvalue weighted by Crippen LogP contribution is 2.41. The molecule has 8 rings (SSSR count). The Hall–Kier alpha value is -6.18. The number of aromatic nitrogens is 8. The second kappa shape index (κ2) is 15.2. The van der Waals surface area contributed by atoms with Crippen LogP contribution < -0.4 is 0 Å². The Morgan fingerprint density at radius 1 is 0.643 bits per heavy atom. The summed E-state index contributed by atoms with van der Waals surface area (Å²) in [6, 6.07) is 29.7. The Bertz CT molecular complexity index is 2590. The zero-order chi connectivity index (χ0) is 39.1. The van der Waals surface area contributed by atoms with Gasteiger partial charge in [0.05, 0.1) is 64.4 Å². The van der Waals surface area contributed by atoms with Crippen molar-refractivity contribution in [3.8, 4) is 39.7 Å². The minimum Gasteiger partial charge on any atom is -0.507 e. The predicted octanol–water partition coefficient (Wildman–Crippen LogP) is 8.91. The molecule has 0 radical (unpaired) electrons. The Morgan fingerprint density at radius 3 is 1.64 bits per heavy atom. The van der Waals surface area contributed by atoms with Gasteiger partial charge in [-0.3, -0.25) is 14.2 Å². The lowest BCUT2D eigenvalue weighted by molar-refractivity contribution is 0.101. The summed E-state index contributed by atoms with van der Waals surface area (Å²) in [6.45, 7) is 0.866. The van der Waals surface area contributed by atoms with Crippen molar-refractivity contribution in [2.75, 3.05) is 0 Å². The van der Waals surface area contributed by atoms with E-state index in [0.29, 0.717) is 35.6 Å². The Morgan fingerprint density at radius 2 is 1.14 bits per heavy atom. The van der Waals surface area contributed by atoms with Gasteiger partial charge in [-0.05, 0) is 41.5 Å². The summed E-state index contributed by atoms with van der Waals surface area (Å²) in [5, 5.41) is 38.4. The SMILES string of the molecule is O=C(c1ccc(-c2cnnn2Cc2ccccc2)cc1O)c1[nH]c(Cl)c(Cl)c1-n1c(C(=O)c2ccc(-c3cnnn3Cc3ccccc3)cc2O)cc(Cl)c1Cl. The number of carbonyl (C=O) groups excluding carboxylic acids is 2. The van der Waals surface area contributed by atoms with E-state index in [2.05, 4.69) is 25.6 Å². The molecule has 0 unspecified atom stereocenters. The van der Waals surface area contributed by atoms with E-state index in [1.807, 2.05) is 60.7 Å². The number of halogens is 4. The average Bonchev–Trinajstić information content (AvgIpc) is 3.99. The molecule has 8 aromatic rings. The zero-order valence-electron chi connectivity index (χ0n) is 28.7. The summed E-state index contributed by atoms with van der Waals surface area (Å²) in [6.07, 6.45) is 3.12. The molecule has 4 heterocycles. The number of hydrogen-bond acceptors (Lipinski definition) is 8. The lowest BCUT2D eigenvalue weighted by atomic mass is 10.0. The first-order valence-corrected chi connectivity index (χ1v) is 18.3. The summed E-state index contributed by atoms with van der Waals surface area (Å²) in [7, 11) is 0. The van der Waals surface area contributed by atoms with Crippen molar-refractivity contribution in [2.24, 2.45) is 0 Å². The number of hydrogen-bond donors (Lipinski definition) is 3. The molecule has 0 aliphatic heterocycles. The molecular weight excluding hydrogens is 798 g/mol. The first kappa shape index (κ1) is 36.8. The number of nitrogens with zero attached hydrogens (tertiary/aromatic N) is 7. The average molecular weight is 825 g/mol. The van der Waals surface area contributed by atoms with Gasteiger partial charge in [0.2, 0.25) is 11.6 Å². The molecule has 278 valence electrons. The quantitative estimate of drug-likeness (QED) is 0.109. The number of nitrogens with one attached hydrogen (secondary N) is 1. The second-order valence-corrected chi connectivity index (χ2v) is 14.1. The van der Waals surface area contributed by atoms with E-state index >= 15 is 0 Å². The van der Waals surface area contributed by atoms with Crippen molar-refractivity contribution >= 4 is 58.0 Å². The Kier molecular flexibility index (Phi) is 9.96. The van der Waals surface area contributed by atoms with E-state index in [1.165, 1.54) is 34.9 Å². The maximum atomic E-state index is 14.2. The molecule has 0 aliphatic carbocycles. The maximum Gasteiger partial charge on any atom is 0.215 e. The third-order valence-corrected chi connectivity index (χ3v) is 10.6. The summed E-state index contributed by atoms with van der Waals surface area (Å²) >= 11 is 26.3. The van der Waals surface area contributed by atoms with Crippen LogP contribution >= 0.6 is 46.4 Å². The minimum absolute atomic E-state index is 0.0401. The number of benzene rings is 4. The van der Waals surface area contributed by atoms with Crippen molar-refractivity contribution in [3.63, 3.8) is 0 Å². The number of ketones is 2. The van der Waals surface area contributed by atoms with Gasteiger partial charge in [-0.25, -0.2) is 9.36 Å². The Balaban J connectivity index is 1.12. The van der Waals surface area contributed by atoms with E-state index in [1.54, 1.807) is 33.9 Å². The first-order chi connectivity index (χ1) is 27.1. The van der Waals surface area contributed by atoms with Gasteiger partial charge in [0.25, 0.3) is 0 Å². The molecule has 0 saturated heterocycles. The fourth-order valence-corrected chi connectivity index (χ4v) is 7.23. The molecule has 12 nitrogen and oxygen atoms in total. The van der Waals surface area contributed by atoms with E-state index in [4.69, 9.17) is 46.4 Å². The summed E-state index contributed by atoms with van der Waals surface area (Å²) in [4.78, 5) is 31.1. The normalized spacial score (nSPS) is 11.3. The molecule has 0 bridgehead atoms. The Labute approximate surface area is 338 Å². The summed E-state index contributed by atoms with van der Waals surface area (Å²) < 4.78 is 4.53. The lowest BCUT2D eigenvalue weighted by Gasteiger charge is -2.14. The smallest absolute Gasteiger partial charge is 0.215 e. The number of aromatic hydroxyl groups is 2. The van der Waals surface area contributed by atoms with Gasteiger partial charge in [0.1, 0.15) is 32.5 Å². The second-order valence-electron chi connectivity index (χ2n) is 12.6. The topological polar surface area (TPSA) is 157 Å². The molecule has 0 fully saturated rings. The molecule has 0 amide bonds. The van der Waals surface area contributed by atoms with Gasteiger partial charge >= 0.3 is 0 Å². The van der Waals surface area contributed by atoms with Gasteiger partial charge in [0, 0.05) is 11.1 Å². The molecule has 4 aromatic carbocycles. The van der Waals surface area contributed by atoms with Crippen molar-refractivity contribution in [2.45, 2.75) is 13.1 Å². The van der Waals surface area contributed by atoms with Crippen molar-refractivity contribution in [1.29, 1.82) is 0 Å². The highest BCUT2D eigenvalue weighted by atomic mass is 35.5. The fraction of sp³-hybridized carbons (Fsp3) is 0.0500. The first-order valence-electron chi connectivity index (χ1n) is 16.8. The van der Waals surface area contributed by atoms with E-state index in [9.17, 15) is 19.8 Å². The third-order valence-electron chi connectivity index (χ3n) is 9.12. The van der Waals surface area contributed by atoms with E-state index in [-0.39, 0.29) is 60.1 Å². The van der Waals surface area contributed by atoms with Crippen LogP contribution in [0.4, 0.5) is 0 Å². The molecule has 0 saturated carbocycles. The van der Waals surface area contributed by atoms with Gasteiger partial charge in [-0.15, -0.1) is 10.2 Å². The fourth-order valence-electron chi connectivity index (χ4n) is 6.40. The van der Waals surface area contributed by atoms with Crippen LogP contribution in [-0.4, -0.2) is 61.3 Å². The predicted molar refractivity (Wildman–Crippen MR) is 212 cm³/mol. The highest BCUT2D eigenvalue weighted by molar-refractivity contribution is 6.45. The van der Waals surface area contributed by atoms with Crippen LogP contribution in [0.3, 0.4) is 0 Å². The highest BCUT2D eigenvalue weighted by Gasteiger charge is 2.31. The zero-order valence-corrected chi connectivity index (χ0v) is 31.8. The molecule has 0 atom stereocenters. The minimum atomic E-state index is -0.721. The monoisotopic (exact) mass is 822 g/mol. The van der Waals surface area contributed by atoms with Crippen molar-refractivity contribution in [3.05, 3.63) is 170 Å². The van der Waals surface area contributed by atoms with E-state index < -0.39 is 11.6 Å². The largest absolute Gasteiger partial charge is 0.507 e. The van der Waals surface area contributed by atoms with E-state index in [0.717, 1.165) is 11.1 Å². The molecule has 4 aromatic heterocycles. The van der Waals surface area contributed by atoms with Crippen LogP contribution in [0.5, 0.6) is 11.5 Å². The van der Waals surface area contributed by atoms with Gasteiger partial charge in [-0.1, -0.05) is 130 Å². The number of phenols is 2. The number of rotatable bonds is 11. The van der Waals surface area contributed by atoms with Gasteiger partial charge in [-0.2, -0.15) is 0 Å². The molecule has 0 spiro atoms. The third kappa shape index (κ3) is 6.84. The van der Waals surface area contributed by atoms with Crippen molar-refractivity contribution < 1.29 is 19.8 Å². The summed E-state index contributed by atoms with van der Waals surface area (Å²) in [5.41, 5.74) is 3.70. The van der Waals surface area contributed by atoms with Crippen LogP contribution in [-0.2, 0) is 13.1 Å². The number of carbonyl (C=O) groups is 2. The van der Waals surface area contributed by atoms with Crippen LogP contribution in [0.1, 0.15) is 43.2 Å². The number of aromatic amines is 1. The maximum absolute atomic E-state index is 14.2. The van der Waals surface area contributed by atoms with Gasteiger partial charge in [0.15, 0.2) is 0 Å². The number of H-pyrrole nitrogens is 1. The van der Waals surface area contributed by atoms with Crippen LogP contribution in [0.2, 0.25) is 20.4 Å². The molecule has 0 aliphatic rings. The van der Waals surface area contributed by atoms with Crippen LogP contribution in [0.25, 0.3) is 28.2 Å².